The first-order valence-electron chi connectivity index (χ1n) is 13.1. The summed E-state index contributed by atoms with van der Waals surface area (Å²) in [5.74, 6) is 1.50. The zero-order valence-electron chi connectivity index (χ0n) is 23.6. The molecule has 11 nitrogen and oxygen atoms in total. The van der Waals surface area contributed by atoms with Crippen molar-refractivity contribution < 1.29 is 14.6 Å². The molecule has 3 aromatic heterocycles. The fourth-order valence-electron chi connectivity index (χ4n) is 4.31. The van der Waals surface area contributed by atoms with E-state index in [2.05, 4.69) is 30.7 Å². The molecule has 41 heavy (non-hydrogen) atoms. The van der Waals surface area contributed by atoms with E-state index in [4.69, 9.17) is 4.74 Å². The molecule has 0 aliphatic rings. The summed E-state index contributed by atoms with van der Waals surface area (Å²) in [5, 5.41) is 22.2. The minimum atomic E-state index is -1.20. The van der Waals surface area contributed by atoms with E-state index in [0.717, 1.165) is 5.56 Å². The van der Waals surface area contributed by atoms with Crippen LogP contribution in [-0.2, 0) is 10.4 Å². The van der Waals surface area contributed by atoms with Gasteiger partial charge in [0.05, 0.1) is 11.1 Å². The van der Waals surface area contributed by atoms with E-state index in [-0.39, 0.29) is 5.91 Å². The molecule has 0 saturated carbocycles. The fraction of sp³-hybridized carbons (Fsp3) is 0.233. The Labute approximate surface area is 237 Å². The SMILES string of the molecule is Cc1cc(Nc2ncnc3ccc(NC(=O)C=CCN(C)C)cc23)c(C(C)(C)O)cc1Oc1ccn2ncnc2c1. The van der Waals surface area contributed by atoms with Crippen molar-refractivity contribution in [2.45, 2.75) is 26.4 Å². The van der Waals surface area contributed by atoms with E-state index < -0.39 is 5.60 Å². The summed E-state index contributed by atoms with van der Waals surface area (Å²) in [6.07, 6.45) is 8.04. The minimum absolute atomic E-state index is 0.226. The molecule has 0 fully saturated rings. The van der Waals surface area contributed by atoms with Crippen LogP contribution in [0.2, 0.25) is 0 Å². The maximum Gasteiger partial charge on any atom is 0.248 e. The standard InChI is InChI=1S/C30H32N8O3/c1-19-13-25(23(30(2,3)40)16-26(19)41-21-10-12-38-27(15-21)32-18-34-38)36-29-22-14-20(8-9-24(22)31-17-33-29)35-28(39)7-6-11-37(4)5/h6-10,12-18,40H,11H2,1-5H3,(H,35,39)(H,31,33,36). The average molecular weight is 553 g/mol. The fourth-order valence-corrected chi connectivity index (χ4v) is 4.31. The Morgan fingerprint density at radius 2 is 1.93 bits per heavy atom. The summed E-state index contributed by atoms with van der Waals surface area (Å²) in [6, 6.07) is 12.8. The number of aliphatic hydroxyl groups is 1. The second-order valence-electron chi connectivity index (χ2n) is 10.5. The van der Waals surface area contributed by atoms with Crippen LogP contribution in [0.25, 0.3) is 16.6 Å². The van der Waals surface area contributed by atoms with Crippen molar-refractivity contribution in [2.24, 2.45) is 0 Å². The third kappa shape index (κ3) is 6.48. The zero-order valence-corrected chi connectivity index (χ0v) is 23.6. The molecule has 5 rings (SSSR count). The number of pyridine rings is 1. The molecule has 0 atom stereocenters. The Morgan fingerprint density at radius 1 is 1.10 bits per heavy atom. The van der Waals surface area contributed by atoms with E-state index in [1.54, 1.807) is 48.8 Å². The van der Waals surface area contributed by atoms with Crippen molar-refractivity contribution in [3.05, 3.63) is 84.6 Å². The number of nitrogens with zero attached hydrogens (tertiary/aromatic N) is 6. The van der Waals surface area contributed by atoms with Crippen LogP contribution in [0.1, 0.15) is 25.0 Å². The van der Waals surface area contributed by atoms with Gasteiger partial charge in [-0.2, -0.15) is 5.10 Å². The van der Waals surface area contributed by atoms with E-state index in [1.807, 2.05) is 50.2 Å². The monoisotopic (exact) mass is 552 g/mol. The van der Waals surface area contributed by atoms with E-state index in [9.17, 15) is 9.90 Å². The van der Waals surface area contributed by atoms with Gasteiger partial charge in [0.2, 0.25) is 5.91 Å². The average Bonchev–Trinajstić information content (AvgIpc) is 3.37. The number of hydrogen-bond donors (Lipinski definition) is 3. The summed E-state index contributed by atoms with van der Waals surface area (Å²) in [4.78, 5) is 27.4. The predicted octanol–water partition coefficient (Wildman–Crippen LogP) is 4.80. The minimum Gasteiger partial charge on any atom is -0.457 e. The van der Waals surface area contributed by atoms with Gasteiger partial charge in [-0.1, -0.05) is 6.08 Å². The van der Waals surface area contributed by atoms with Gasteiger partial charge in [-0.25, -0.2) is 19.5 Å². The number of aromatic nitrogens is 5. The number of benzene rings is 2. The molecule has 210 valence electrons. The van der Waals surface area contributed by atoms with Crippen molar-refractivity contribution >= 4 is 39.6 Å². The topological polar surface area (TPSA) is 130 Å². The first-order chi connectivity index (χ1) is 19.6. The Kier molecular flexibility index (Phi) is 7.64. The molecule has 3 N–H and O–H groups in total. The van der Waals surface area contributed by atoms with Crippen LogP contribution < -0.4 is 15.4 Å². The van der Waals surface area contributed by atoms with Gasteiger partial charge < -0.3 is 25.4 Å². The maximum absolute atomic E-state index is 12.4. The first kappa shape index (κ1) is 27.7. The van der Waals surface area contributed by atoms with Crippen molar-refractivity contribution in [1.29, 1.82) is 0 Å². The zero-order chi connectivity index (χ0) is 29.1. The number of ether oxygens (including phenoxy) is 1. The Hall–Kier alpha value is -4.87. The molecule has 1 amide bonds. The number of anilines is 3. The maximum atomic E-state index is 12.4. The molecule has 0 unspecified atom stereocenters. The lowest BCUT2D eigenvalue weighted by Gasteiger charge is -2.24. The molecule has 0 aliphatic carbocycles. The number of carbonyl (C=O) groups excluding carboxylic acids is 1. The summed E-state index contributed by atoms with van der Waals surface area (Å²) in [5.41, 5.74) is 2.90. The molecule has 3 heterocycles. The van der Waals surface area contributed by atoms with Crippen LogP contribution in [0, 0.1) is 6.92 Å². The van der Waals surface area contributed by atoms with Crippen molar-refractivity contribution in [1.82, 2.24) is 29.5 Å². The number of fused-ring (bicyclic) bond motifs is 2. The lowest BCUT2D eigenvalue weighted by atomic mass is 9.94. The molecule has 2 aromatic carbocycles. The Bertz CT molecular complexity index is 1750. The smallest absolute Gasteiger partial charge is 0.248 e. The highest BCUT2D eigenvalue weighted by Crippen LogP contribution is 2.38. The Morgan fingerprint density at radius 3 is 2.71 bits per heavy atom. The van der Waals surface area contributed by atoms with Gasteiger partial charge in [0.15, 0.2) is 5.65 Å². The van der Waals surface area contributed by atoms with Crippen molar-refractivity contribution in [3.8, 4) is 11.5 Å². The van der Waals surface area contributed by atoms with Crippen LogP contribution in [0.5, 0.6) is 11.5 Å². The number of carbonyl (C=O) groups is 1. The van der Waals surface area contributed by atoms with Crippen LogP contribution in [0.4, 0.5) is 17.2 Å². The molecule has 0 saturated heterocycles. The quantitative estimate of drug-likeness (QED) is 0.221. The highest BCUT2D eigenvalue weighted by molar-refractivity contribution is 6.02. The van der Waals surface area contributed by atoms with Gasteiger partial charge in [0.1, 0.15) is 30.0 Å². The second-order valence-corrected chi connectivity index (χ2v) is 10.5. The lowest BCUT2D eigenvalue weighted by Crippen LogP contribution is -2.18. The highest BCUT2D eigenvalue weighted by Gasteiger charge is 2.23. The summed E-state index contributed by atoms with van der Waals surface area (Å²) < 4.78 is 7.85. The molecule has 5 aromatic rings. The largest absolute Gasteiger partial charge is 0.457 e. The molecule has 0 bridgehead atoms. The van der Waals surface area contributed by atoms with Crippen molar-refractivity contribution in [3.63, 3.8) is 0 Å². The molecular weight excluding hydrogens is 520 g/mol. The van der Waals surface area contributed by atoms with Gasteiger partial charge in [-0.15, -0.1) is 0 Å². The van der Waals surface area contributed by atoms with Gasteiger partial charge in [-0.3, -0.25) is 4.79 Å². The predicted molar refractivity (Wildman–Crippen MR) is 159 cm³/mol. The van der Waals surface area contributed by atoms with Gasteiger partial charge >= 0.3 is 0 Å². The van der Waals surface area contributed by atoms with Crippen LogP contribution in [0.15, 0.2) is 73.5 Å². The summed E-state index contributed by atoms with van der Waals surface area (Å²) >= 11 is 0. The van der Waals surface area contributed by atoms with Crippen LogP contribution >= 0.6 is 0 Å². The number of aryl methyl sites for hydroxylation is 1. The number of amides is 1. The van der Waals surface area contributed by atoms with Gasteiger partial charge in [0.25, 0.3) is 0 Å². The van der Waals surface area contributed by atoms with Gasteiger partial charge in [-0.05, 0) is 76.8 Å². The van der Waals surface area contributed by atoms with Crippen molar-refractivity contribution in [2.75, 3.05) is 31.3 Å². The first-order valence-corrected chi connectivity index (χ1v) is 13.1. The molecule has 0 spiro atoms. The summed E-state index contributed by atoms with van der Waals surface area (Å²) in [6.45, 7) is 6.02. The highest BCUT2D eigenvalue weighted by atomic mass is 16.5. The second kappa shape index (κ2) is 11.3. The van der Waals surface area contributed by atoms with E-state index in [1.165, 1.54) is 18.7 Å². The number of hydrogen-bond acceptors (Lipinski definition) is 9. The van der Waals surface area contributed by atoms with Crippen LogP contribution in [-0.4, -0.2) is 61.1 Å². The molecule has 0 aliphatic heterocycles. The Balaban J connectivity index is 1.45. The van der Waals surface area contributed by atoms with E-state index in [0.29, 0.717) is 57.3 Å². The third-order valence-corrected chi connectivity index (χ3v) is 6.35. The molecule has 11 heteroatoms. The van der Waals surface area contributed by atoms with Gasteiger partial charge in [0, 0.05) is 47.2 Å². The normalized spacial score (nSPS) is 12.0. The number of rotatable bonds is 9. The molecular formula is C30H32N8O3. The lowest BCUT2D eigenvalue weighted by molar-refractivity contribution is -0.111. The third-order valence-electron chi connectivity index (χ3n) is 6.35. The number of nitrogens with one attached hydrogen (secondary N) is 2. The van der Waals surface area contributed by atoms with E-state index >= 15 is 0 Å². The molecule has 0 radical (unpaired) electrons. The summed E-state index contributed by atoms with van der Waals surface area (Å²) in [7, 11) is 3.87. The van der Waals surface area contributed by atoms with Crippen LogP contribution in [0.3, 0.4) is 0 Å². The number of likely N-dealkylation sites (N-methyl/N-ethyl adjacent to an activating group) is 1.